The number of halogens is 4. The normalized spacial score (nSPS) is 16.6. The van der Waals surface area contributed by atoms with E-state index in [9.17, 15) is 27.5 Å². The number of hydrogen-bond acceptors (Lipinski definition) is 6. The molecule has 1 saturated heterocycles. The van der Waals surface area contributed by atoms with Gasteiger partial charge in [0.15, 0.2) is 0 Å². The van der Waals surface area contributed by atoms with Crippen molar-refractivity contribution >= 4 is 28.1 Å². The molecule has 1 atom stereocenters. The van der Waals surface area contributed by atoms with Crippen molar-refractivity contribution in [1.82, 2.24) is 9.88 Å². The Hall–Kier alpha value is -3.02. The number of anilines is 2. The van der Waals surface area contributed by atoms with Crippen LogP contribution in [0.5, 0.6) is 0 Å². The van der Waals surface area contributed by atoms with E-state index in [0.717, 1.165) is 29.0 Å². The monoisotopic (exact) mass is 522 g/mol. The minimum atomic E-state index is -2.61. The van der Waals surface area contributed by atoms with Crippen molar-refractivity contribution in [2.24, 2.45) is 5.73 Å². The molecular weight excluding hydrogens is 496 g/mol. The largest absolute Gasteiger partial charge is 0.393 e. The molecule has 3 aromatic rings. The fourth-order valence-electron chi connectivity index (χ4n) is 4.11. The lowest BCUT2D eigenvalue weighted by Crippen LogP contribution is -2.38. The fourth-order valence-corrected chi connectivity index (χ4v) is 5.23. The summed E-state index contributed by atoms with van der Waals surface area (Å²) in [6.45, 7) is 2.62. The van der Waals surface area contributed by atoms with Crippen LogP contribution in [-0.2, 0) is 13.0 Å². The molecule has 1 aliphatic rings. The van der Waals surface area contributed by atoms with Crippen molar-refractivity contribution in [3.05, 3.63) is 64.9 Å². The minimum Gasteiger partial charge on any atom is -0.393 e. The van der Waals surface area contributed by atoms with E-state index in [1.807, 2.05) is 4.90 Å². The Bertz CT molecular complexity index is 1210. The van der Waals surface area contributed by atoms with E-state index in [4.69, 9.17) is 5.73 Å². The van der Waals surface area contributed by atoms with Crippen LogP contribution in [-0.4, -0.2) is 46.0 Å². The highest BCUT2D eigenvalue weighted by Gasteiger charge is 2.33. The third kappa shape index (κ3) is 6.21. The van der Waals surface area contributed by atoms with E-state index in [0.29, 0.717) is 31.0 Å². The van der Waals surface area contributed by atoms with Crippen molar-refractivity contribution in [2.45, 2.75) is 44.8 Å². The summed E-state index contributed by atoms with van der Waals surface area (Å²) in [5.74, 6) is -4.62. The topological polar surface area (TPSA) is 91.5 Å². The van der Waals surface area contributed by atoms with Gasteiger partial charge in [-0.15, -0.1) is 11.3 Å². The molecular formula is C25H26F4N4O2S. The van der Waals surface area contributed by atoms with Gasteiger partial charge in [0.05, 0.1) is 17.2 Å². The molecule has 0 radical (unpaired) electrons. The lowest BCUT2D eigenvalue weighted by atomic mass is 10.0. The van der Waals surface area contributed by atoms with Gasteiger partial charge >= 0.3 is 0 Å². The van der Waals surface area contributed by atoms with Gasteiger partial charge in [0.1, 0.15) is 22.5 Å². The maximum atomic E-state index is 14.8. The number of hydrogen-bond donors (Lipinski definition) is 3. The Kier molecular flexibility index (Phi) is 7.62. The van der Waals surface area contributed by atoms with E-state index >= 15 is 0 Å². The van der Waals surface area contributed by atoms with Crippen LogP contribution in [0.2, 0.25) is 0 Å². The number of carbonyl (C=O) groups is 1. The fraction of sp³-hybridized carbons (Fsp3) is 0.360. The molecule has 0 saturated carbocycles. The van der Waals surface area contributed by atoms with Gasteiger partial charge < -0.3 is 16.2 Å². The van der Waals surface area contributed by atoms with Crippen LogP contribution in [0.4, 0.5) is 28.4 Å². The molecule has 1 aliphatic heterocycles. The number of primary amides is 1. The molecule has 2 aromatic heterocycles. The Morgan fingerprint density at radius 3 is 2.42 bits per heavy atom. The van der Waals surface area contributed by atoms with Crippen molar-refractivity contribution in [3.63, 3.8) is 0 Å². The first kappa shape index (κ1) is 26.1. The number of aliphatic hydroxyl groups excluding tert-OH is 1. The van der Waals surface area contributed by atoms with E-state index in [1.54, 1.807) is 18.3 Å². The number of likely N-dealkylation sites (tertiary alicyclic amines) is 1. The number of aliphatic hydroxyl groups is 1. The zero-order valence-electron chi connectivity index (χ0n) is 19.5. The second-order valence-corrected chi connectivity index (χ2v) is 10.1. The molecule has 11 heteroatoms. The highest BCUT2D eigenvalue weighted by molar-refractivity contribution is 7.20. The summed E-state index contributed by atoms with van der Waals surface area (Å²) in [5, 5.41) is 12.8. The lowest BCUT2D eigenvalue weighted by Gasteiger charge is -2.31. The second-order valence-electron chi connectivity index (χ2n) is 9.01. The predicted molar refractivity (Wildman–Crippen MR) is 131 cm³/mol. The number of aromatic nitrogens is 1. The Morgan fingerprint density at radius 1 is 1.19 bits per heavy atom. The molecule has 36 heavy (non-hydrogen) atoms. The first-order chi connectivity index (χ1) is 17.0. The second kappa shape index (κ2) is 10.5. The van der Waals surface area contributed by atoms with Gasteiger partial charge in [-0.05, 0) is 48.7 Å². The van der Waals surface area contributed by atoms with Crippen LogP contribution < -0.4 is 11.1 Å². The zero-order chi connectivity index (χ0) is 26.0. The molecule has 0 spiro atoms. The number of rotatable bonds is 8. The maximum absolute atomic E-state index is 14.8. The van der Waals surface area contributed by atoms with Gasteiger partial charge in [0.2, 0.25) is 0 Å². The molecule has 192 valence electrons. The number of carbonyl (C=O) groups excluding carboxylic acids is 1. The number of alkyl halides is 2. The van der Waals surface area contributed by atoms with Crippen molar-refractivity contribution < 1.29 is 27.5 Å². The summed E-state index contributed by atoms with van der Waals surface area (Å²) in [6.07, 6.45) is 0.622. The van der Waals surface area contributed by atoms with Crippen LogP contribution in [0.15, 0.2) is 36.5 Å². The quantitative estimate of drug-likeness (QED) is 0.359. The van der Waals surface area contributed by atoms with Gasteiger partial charge in [-0.25, -0.2) is 22.5 Å². The number of nitrogens with one attached hydrogen (secondary N) is 1. The van der Waals surface area contributed by atoms with Crippen LogP contribution in [0.25, 0.3) is 10.4 Å². The molecule has 6 nitrogen and oxygen atoms in total. The number of thiophene rings is 1. The maximum Gasteiger partial charge on any atom is 0.251 e. The molecule has 3 heterocycles. The van der Waals surface area contributed by atoms with Crippen molar-refractivity contribution in [2.75, 3.05) is 18.4 Å². The Morgan fingerprint density at radius 2 is 1.86 bits per heavy atom. The van der Waals surface area contributed by atoms with Gasteiger partial charge in [-0.3, -0.25) is 9.69 Å². The van der Waals surface area contributed by atoms with Gasteiger partial charge in [0, 0.05) is 43.5 Å². The van der Waals surface area contributed by atoms with Gasteiger partial charge in [0.25, 0.3) is 11.8 Å². The number of nitrogens with zero attached hydrogens (tertiary/aromatic N) is 2. The first-order valence-electron chi connectivity index (χ1n) is 11.4. The molecule has 1 unspecified atom stereocenters. The molecule has 1 amide bonds. The smallest absolute Gasteiger partial charge is 0.251 e. The zero-order valence-corrected chi connectivity index (χ0v) is 20.3. The van der Waals surface area contributed by atoms with Gasteiger partial charge in [-0.2, -0.15) is 0 Å². The van der Waals surface area contributed by atoms with E-state index in [1.165, 1.54) is 13.0 Å². The van der Waals surface area contributed by atoms with Crippen LogP contribution in [0.1, 0.15) is 41.3 Å². The summed E-state index contributed by atoms with van der Waals surface area (Å²) in [7, 11) is 0. The highest BCUT2D eigenvalue weighted by atomic mass is 32.1. The van der Waals surface area contributed by atoms with E-state index < -0.39 is 29.6 Å². The molecule has 0 aliphatic carbocycles. The standard InChI is InChI=1S/C25H26F4N4O2S/c1-14(34)8-16-9-18(26)22(19(27)10-16)20-11-17(23(30)35)24(36-20)32-21-3-2-15(12-31-21)13-33-6-4-25(28,29)5-7-33/h2-3,9-12,14,34H,4-8,13H2,1H3,(H2,30,35)(H,31,32). The average molecular weight is 523 g/mol. The van der Waals surface area contributed by atoms with Crippen molar-refractivity contribution in [1.29, 1.82) is 0 Å². The number of nitrogens with two attached hydrogens (primary N) is 1. The van der Waals surface area contributed by atoms with Crippen molar-refractivity contribution in [3.8, 4) is 10.4 Å². The third-order valence-electron chi connectivity index (χ3n) is 5.94. The van der Waals surface area contributed by atoms with Gasteiger partial charge in [-0.1, -0.05) is 6.07 Å². The molecule has 1 fully saturated rings. The summed E-state index contributed by atoms with van der Waals surface area (Å²) in [6, 6.07) is 7.10. The molecule has 4 rings (SSSR count). The summed E-state index contributed by atoms with van der Waals surface area (Å²) in [4.78, 5) is 18.4. The summed E-state index contributed by atoms with van der Waals surface area (Å²) in [5.41, 5.74) is 6.42. The summed E-state index contributed by atoms with van der Waals surface area (Å²) >= 11 is 0.956. The first-order valence-corrected chi connectivity index (χ1v) is 12.2. The van der Waals surface area contributed by atoms with Crippen LogP contribution in [0.3, 0.4) is 0 Å². The number of amides is 1. The molecule has 0 bridgehead atoms. The highest BCUT2D eigenvalue weighted by Crippen LogP contribution is 2.39. The lowest BCUT2D eigenvalue weighted by molar-refractivity contribution is -0.0566. The predicted octanol–water partition coefficient (Wildman–Crippen LogP) is 5.09. The van der Waals surface area contributed by atoms with Crippen LogP contribution >= 0.6 is 11.3 Å². The summed E-state index contributed by atoms with van der Waals surface area (Å²) < 4.78 is 56.3. The minimum absolute atomic E-state index is 0.0574. The van der Waals surface area contributed by atoms with E-state index in [-0.39, 0.29) is 40.3 Å². The Labute approximate surface area is 209 Å². The number of piperidine rings is 1. The molecule has 4 N–H and O–H groups in total. The van der Waals surface area contributed by atoms with E-state index in [2.05, 4.69) is 10.3 Å². The SMILES string of the molecule is CC(O)Cc1cc(F)c(-c2cc(C(N)=O)c(Nc3ccc(CN4CCC(F)(F)CC4)cn3)s2)c(F)c1. The Balaban J connectivity index is 1.52. The number of benzene rings is 1. The third-order valence-corrected chi connectivity index (χ3v) is 7.01. The molecule has 1 aromatic carbocycles. The average Bonchev–Trinajstić information content (AvgIpc) is 3.19. The van der Waals surface area contributed by atoms with Crippen LogP contribution in [0, 0.1) is 11.6 Å². The number of pyridine rings is 1.